The molecule has 114 valence electrons. The molecule has 3 heteroatoms. The molecular weight excluding hydrogens is 260 g/mol. The Kier molecular flexibility index (Phi) is 3.20. The summed E-state index contributed by atoms with van der Waals surface area (Å²) < 4.78 is 1.91. The lowest BCUT2D eigenvalue weighted by atomic mass is 9.51. The van der Waals surface area contributed by atoms with Crippen LogP contribution in [0.15, 0.2) is 6.07 Å². The van der Waals surface area contributed by atoms with Crippen molar-refractivity contribution in [2.45, 2.75) is 51.9 Å². The molecule has 0 unspecified atom stereocenters. The highest BCUT2D eigenvalue weighted by Gasteiger charge is 2.50. The van der Waals surface area contributed by atoms with Gasteiger partial charge in [0.2, 0.25) is 0 Å². The van der Waals surface area contributed by atoms with Gasteiger partial charge in [-0.05, 0) is 68.3 Å². The third kappa shape index (κ3) is 2.25. The highest BCUT2D eigenvalue weighted by atomic mass is 16.1. The van der Waals surface area contributed by atoms with Crippen LogP contribution in [0.4, 0.5) is 0 Å². The molecule has 0 saturated heterocycles. The summed E-state index contributed by atoms with van der Waals surface area (Å²) >= 11 is 0. The van der Waals surface area contributed by atoms with Crippen molar-refractivity contribution in [1.29, 1.82) is 0 Å². The molecule has 0 N–H and O–H groups in total. The maximum Gasteiger partial charge on any atom is 0.142 e. The monoisotopic (exact) mass is 286 g/mol. The Labute approximate surface area is 127 Å². The van der Waals surface area contributed by atoms with E-state index in [0.717, 1.165) is 29.6 Å². The molecule has 1 heterocycles. The second-order valence-electron chi connectivity index (χ2n) is 7.70. The number of hydrogen-bond acceptors (Lipinski definition) is 2. The van der Waals surface area contributed by atoms with Crippen LogP contribution in [0.3, 0.4) is 0 Å². The largest absolute Gasteiger partial charge is 0.299 e. The van der Waals surface area contributed by atoms with E-state index in [4.69, 9.17) is 0 Å². The first kappa shape index (κ1) is 13.5. The summed E-state index contributed by atoms with van der Waals surface area (Å²) in [5, 5.41) is 4.48. The van der Waals surface area contributed by atoms with Crippen molar-refractivity contribution in [3.8, 4) is 0 Å². The first-order chi connectivity index (χ1) is 10.1. The van der Waals surface area contributed by atoms with E-state index in [1.807, 2.05) is 11.7 Å². The lowest BCUT2D eigenvalue weighted by molar-refractivity contribution is -0.135. The van der Waals surface area contributed by atoms with Gasteiger partial charge in [0.25, 0.3) is 0 Å². The van der Waals surface area contributed by atoms with Gasteiger partial charge >= 0.3 is 0 Å². The Morgan fingerprint density at radius 2 is 1.81 bits per heavy atom. The lowest BCUT2D eigenvalue weighted by Gasteiger charge is -2.53. The number of rotatable bonds is 4. The highest BCUT2D eigenvalue weighted by Crippen LogP contribution is 2.56. The van der Waals surface area contributed by atoms with E-state index in [1.165, 1.54) is 32.1 Å². The van der Waals surface area contributed by atoms with E-state index in [0.29, 0.717) is 30.0 Å². The SMILES string of the molecule is CCc1cc(CC(=O)C2C3CC4CC(C3)CC2C4)n(C)n1. The summed E-state index contributed by atoms with van der Waals surface area (Å²) in [6.45, 7) is 2.12. The molecule has 4 aliphatic rings. The maximum absolute atomic E-state index is 12.9. The standard InChI is InChI=1S/C18H26N2O/c1-3-15-9-16(20(2)19-15)10-17(21)18-13-5-11-4-12(7-13)8-14(18)6-11/h9,11-14,18H,3-8,10H2,1-2H3. The van der Waals surface area contributed by atoms with E-state index in [-0.39, 0.29) is 0 Å². The molecule has 4 bridgehead atoms. The van der Waals surface area contributed by atoms with E-state index in [2.05, 4.69) is 18.1 Å². The number of carbonyl (C=O) groups excluding carboxylic acids is 1. The normalized spacial score (nSPS) is 37.1. The maximum atomic E-state index is 12.9. The van der Waals surface area contributed by atoms with Gasteiger partial charge in [-0.25, -0.2) is 0 Å². The first-order valence-electron chi connectivity index (χ1n) is 8.68. The predicted molar refractivity (Wildman–Crippen MR) is 81.8 cm³/mol. The summed E-state index contributed by atoms with van der Waals surface area (Å²) in [6.07, 6.45) is 8.31. The van der Waals surface area contributed by atoms with Gasteiger partial charge in [0.15, 0.2) is 0 Å². The molecule has 1 aromatic heterocycles. The Balaban J connectivity index is 1.51. The second kappa shape index (κ2) is 4.96. The molecule has 4 saturated carbocycles. The summed E-state index contributed by atoms with van der Waals surface area (Å²) in [7, 11) is 1.97. The average Bonchev–Trinajstić information content (AvgIpc) is 2.78. The first-order valence-corrected chi connectivity index (χ1v) is 8.68. The van der Waals surface area contributed by atoms with Gasteiger partial charge < -0.3 is 0 Å². The van der Waals surface area contributed by atoms with E-state index in [9.17, 15) is 4.79 Å². The number of ketones is 1. The minimum atomic E-state index is 0.359. The Morgan fingerprint density at radius 1 is 1.19 bits per heavy atom. The number of aromatic nitrogens is 2. The van der Waals surface area contributed by atoms with Gasteiger partial charge in [-0.15, -0.1) is 0 Å². The Bertz CT molecular complexity index is 532. The van der Waals surface area contributed by atoms with Crippen molar-refractivity contribution in [3.63, 3.8) is 0 Å². The quantitative estimate of drug-likeness (QED) is 0.852. The van der Waals surface area contributed by atoms with Crippen LogP contribution in [0.25, 0.3) is 0 Å². The Hall–Kier alpha value is -1.12. The molecule has 21 heavy (non-hydrogen) atoms. The average molecular weight is 286 g/mol. The van der Waals surface area contributed by atoms with Gasteiger partial charge in [-0.3, -0.25) is 9.48 Å². The van der Waals surface area contributed by atoms with Crippen molar-refractivity contribution in [1.82, 2.24) is 9.78 Å². The minimum absolute atomic E-state index is 0.359. The summed E-state index contributed by atoms with van der Waals surface area (Å²) in [5.74, 6) is 4.15. The summed E-state index contributed by atoms with van der Waals surface area (Å²) in [6, 6.07) is 2.12. The minimum Gasteiger partial charge on any atom is -0.299 e. The number of carbonyl (C=O) groups is 1. The third-order valence-electron chi connectivity index (χ3n) is 6.34. The fourth-order valence-corrected chi connectivity index (χ4v) is 5.66. The van der Waals surface area contributed by atoms with Gasteiger partial charge in [-0.1, -0.05) is 6.92 Å². The molecule has 0 radical (unpaired) electrons. The van der Waals surface area contributed by atoms with Crippen molar-refractivity contribution in [2.75, 3.05) is 0 Å². The smallest absolute Gasteiger partial charge is 0.142 e. The van der Waals surface area contributed by atoms with Crippen LogP contribution in [0.5, 0.6) is 0 Å². The molecule has 3 nitrogen and oxygen atoms in total. The fourth-order valence-electron chi connectivity index (χ4n) is 5.66. The zero-order chi connectivity index (χ0) is 14.6. The number of nitrogens with zero attached hydrogens (tertiary/aromatic N) is 2. The van der Waals surface area contributed by atoms with Crippen molar-refractivity contribution in [3.05, 3.63) is 17.5 Å². The molecule has 0 spiro atoms. The van der Waals surface area contributed by atoms with Gasteiger partial charge in [-0.2, -0.15) is 5.10 Å². The van der Waals surface area contributed by atoms with Crippen LogP contribution >= 0.6 is 0 Å². The topological polar surface area (TPSA) is 34.9 Å². The van der Waals surface area contributed by atoms with Crippen LogP contribution in [0.2, 0.25) is 0 Å². The highest BCUT2D eigenvalue weighted by molar-refractivity contribution is 5.83. The van der Waals surface area contributed by atoms with Crippen LogP contribution in [-0.4, -0.2) is 15.6 Å². The number of aryl methyl sites for hydroxylation is 2. The second-order valence-corrected chi connectivity index (χ2v) is 7.70. The van der Waals surface area contributed by atoms with Crippen molar-refractivity contribution >= 4 is 5.78 Å². The lowest BCUT2D eigenvalue weighted by Crippen LogP contribution is -2.48. The predicted octanol–water partition coefficient (Wildman–Crippen LogP) is 3.17. The van der Waals surface area contributed by atoms with Gasteiger partial charge in [0.1, 0.15) is 5.78 Å². The van der Waals surface area contributed by atoms with Gasteiger partial charge in [0, 0.05) is 25.1 Å². The van der Waals surface area contributed by atoms with Crippen LogP contribution in [-0.2, 0) is 24.7 Å². The Morgan fingerprint density at radius 3 is 2.33 bits per heavy atom. The molecular formula is C18H26N2O. The van der Waals surface area contributed by atoms with Crippen molar-refractivity contribution in [2.24, 2.45) is 36.6 Å². The zero-order valence-electron chi connectivity index (χ0n) is 13.2. The molecule has 0 aromatic carbocycles. The summed E-state index contributed by atoms with van der Waals surface area (Å²) in [5.41, 5.74) is 2.20. The summed E-state index contributed by atoms with van der Waals surface area (Å²) in [4.78, 5) is 12.9. The van der Waals surface area contributed by atoms with Crippen LogP contribution < -0.4 is 0 Å². The molecule has 5 rings (SSSR count). The molecule has 0 aliphatic heterocycles. The van der Waals surface area contributed by atoms with Crippen LogP contribution in [0.1, 0.15) is 50.4 Å². The van der Waals surface area contributed by atoms with Crippen molar-refractivity contribution < 1.29 is 4.79 Å². The molecule has 0 atom stereocenters. The van der Waals surface area contributed by atoms with E-state index < -0.39 is 0 Å². The van der Waals surface area contributed by atoms with Crippen LogP contribution in [0, 0.1) is 29.6 Å². The molecule has 0 amide bonds. The molecule has 4 fully saturated rings. The molecule has 1 aromatic rings. The van der Waals surface area contributed by atoms with E-state index in [1.54, 1.807) is 0 Å². The van der Waals surface area contributed by atoms with E-state index >= 15 is 0 Å². The zero-order valence-corrected chi connectivity index (χ0v) is 13.2. The molecule has 4 aliphatic carbocycles. The number of Topliss-reactive ketones (excluding diaryl/α,β-unsaturated/α-hetero) is 1. The number of hydrogen-bond donors (Lipinski definition) is 0. The van der Waals surface area contributed by atoms with Gasteiger partial charge in [0.05, 0.1) is 5.69 Å². The fraction of sp³-hybridized carbons (Fsp3) is 0.778. The third-order valence-corrected chi connectivity index (χ3v) is 6.34.